The maximum atomic E-state index is 12.4. The van der Waals surface area contributed by atoms with Crippen LogP contribution in [0, 0.1) is 11.3 Å². The fourth-order valence-corrected chi connectivity index (χ4v) is 3.03. The van der Waals surface area contributed by atoms with Gasteiger partial charge in [-0.15, -0.1) is 0 Å². The zero-order chi connectivity index (χ0) is 20.7. The van der Waals surface area contributed by atoms with Gasteiger partial charge in [0.25, 0.3) is 11.8 Å². The maximum Gasteiger partial charge on any atom is 0.275 e. The Morgan fingerprint density at radius 2 is 1.93 bits per heavy atom. The number of ether oxygens (including phenoxy) is 2. The third-order valence-electron chi connectivity index (χ3n) is 4.39. The van der Waals surface area contributed by atoms with Crippen molar-refractivity contribution in [3.8, 4) is 17.6 Å². The van der Waals surface area contributed by atoms with E-state index in [0.717, 1.165) is 13.1 Å². The summed E-state index contributed by atoms with van der Waals surface area (Å²) in [7, 11) is 1.49. The van der Waals surface area contributed by atoms with E-state index in [-0.39, 0.29) is 24.0 Å². The van der Waals surface area contributed by atoms with Crippen molar-refractivity contribution in [1.29, 1.82) is 5.26 Å². The predicted octanol–water partition coefficient (Wildman–Crippen LogP) is -0.413. The first-order valence-electron chi connectivity index (χ1n) is 9.35. The van der Waals surface area contributed by atoms with Crippen LogP contribution in [0.2, 0.25) is 0 Å². The summed E-state index contributed by atoms with van der Waals surface area (Å²) >= 11 is 0. The smallest absolute Gasteiger partial charge is 0.275 e. The van der Waals surface area contributed by atoms with Crippen molar-refractivity contribution < 1.29 is 24.0 Å². The minimum absolute atomic E-state index is 0.0264. The molecule has 0 bridgehead atoms. The summed E-state index contributed by atoms with van der Waals surface area (Å²) in [6.45, 7) is 8.82. The van der Waals surface area contributed by atoms with Crippen LogP contribution in [0.4, 0.5) is 0 Å². The van der Waals surface area contributed by atoms with Gasteiger partial charge in [0.15, 0.2) is 24.7 Å². The molecule has 1 aliphatic heterocycles. The number of hydrogen-bond donors (Lipinski definition) is 2. The largest absolute Gasteiger partial charge is 0.493 e. The summed E-state index contributed by atoms with van der Waals surface area (Å²) in [5.41, 5.74) is 0.225. The molecule has 28 heavy (non-hydrogen) atoms. The molecule has 2 amide bonds. The second-order valence-corrected chi connectivity index (χ2v) is 7.87. The van der Waals surface area contributed by atoms with E-state index in [2.05, 4.69) is 5.32 Å². The fraction of sp³-hybridized carbons (Fsp3) is 0.550. The summed E-state index contributed by atoms with van der Waals surface area (Å²) in [6.07, 6.45) is 0. The number of amides is 2. The molecule has 1 fully saturated rings. The molecule has 8 heteroatoms. The minimum Gasteiger partial charge on any atom is -0.493 e. The second-order valence-electron chi connectivity index (χ2n) is 7.87. The molecule has 0 unspecified atom stereocenters. The molecule has 1 heterocycles. The highest BCUT2D eigenvalue weighted by molar-refractivity contribution is 5.78. The Morgan fingerprint density at radius 3 is 2.50 bits per heavy atom. The zero-order valence-corrected chi connectivity index (χ0v) is 17.0. The van der Waals surface area contributed by atoms with Gasteiger partial charge >= 0.3 is 0 Å². The monoisotopic (exact) mass is 389 g/mol. The number of benzene rings is 1. The average molecular weight is 389 g/mol. The molecule has 1 aromatic rings. The third kappa shape index (κ3) is 6.43. The maximum absolute atomic E-state index is 12.4. The number of carbonyl (C=O) groups is 2. The van der Waals surface area contributed by atoms with Gasteiger partial charge in [-0.25, -0.2) is 0 Å². The van der Waals surface area contributed by atoms with Crippen LogP contribution < -0.4 is 19.7 Å². The molecule has 2 N–H and O–H groups in total. The van der Waals surface area contributed by atoms with E-state index < -0.39 is 0 Å². The molecular formula is C20H29N4O4+. The topological polar surface area (TPSA) is 96.1 Å². The van der Waals surface area contributed by atoms with E-state index in [4.69, 9.17) is 14.7 Å². The highest BCUT2D eigenvalue weighted by Crippen LogP contribution is 2.27. The van der Waals surface area contributed by atoms with E-state index in [1.807, 2.05) is 26.8 Å². The van der Waals surface area contributed by atoms with E-state index in [9.17, 15) is 9.59 Å². The van der Waals surface area contributed by atoms with E-state index >= 15 is 0 Å². The van der Waals surface area contributed by atoms with Crippen molar-refractivity contribution in [3.63, 3.8) is 0 Å². The molecule has 1 aromatic carbocycles. The predicted molar refractivity (Wildman–Crippen MR) is 103 cm³/mol. The first kappa shape index (κ1) is 21.5. The highest BCUT2D eigenvalue weighted by atomic mass is 16.5. The van der Waals surface area contributed by atoms with Gasteiger partial charge in [0, 0.05) is 11.6 Å². The quantitative estimate of drug-likeness (QED) is 0.689. The molecule has 1 aliphatic rings. The van der Waals surface area contributed by atoms with Gasteiger partial charge in [0.1, 0.15) is 0 Å². The van der Waals surface area contributed by atoms with Gasteiger partial charge in [-0.1, -0.05) is 0 Å². The Balaban J connectivity index is 1.80. The molecule has 1 saturated heterocycles. The van der Waals surface area contributed by atoms with E-state index in [1.165, 1.54) is 12.0 Å². The summed E-state index contributed by atoms with van der Waals surface area (Å²) < 4.78 is 10.8. The van der Waals surface area contributed by atoms with Crippen molar-refractivity contribution >= 4 is 11.8 Å². The van der Waals surface area contributed by atoms with Crippen LogP contribution in [0.25, 0.3) is 0 Å². The third-order valence-corrected chi connectivity index (χ3v) is 4.39. The summed E-state index contributed by atoms with van der Waals surface area (Å²) in [5.74, 6) is 0.770. The molecule has 0 spiro atoms. The lowest BCUT2D eigenvalue weighted by Gasteiger charge is -2.32. The van der Waals surface area contributed by atoms with Gasteiger partial charge in [-0.05, 0) is 32.9 Å². The van der Waals surface area contributed by atoms with Gasteiger partial charge < -0.3 is 24.6 Å². The van der Waals surface area contributed by atoms with Crippen LogP contribution in [-0.4, -0.2) is 68.7 Å². The number of nitriles is 1. The lowest BCUT2D eigenvalue weighted by Crippen LogP contribution is -3.16. The molecule has 152 valence electrons. The molecule has 0 radical (unpaired) electrons. The summed E-state index contributed by atoms with van der Waals surface area (Å²) in [4.78, 5) is 27.4. The average Bonchev–Trinajstić information content (AvgIpc) is 2.65. The standard InChI is InChI=1S/C20H28N4O4/c1-20(2,3)22-18(25)13-23-7-9-24(10-8-23)19(26)14-28-16-6-5-15(12-21)11-17(16)27-4/h5-6,11H,7-10,13-14H2,1-4H3,(H,22,25)/p+1. The van der Waals surface area contributed by atoms with Crippen LogP contribution >= 0.6 is 0 Å². The van der Waals surface area contributed by atoms with Crippen LogP contribution in [0.5, 0.6) is 11.5 Å². The number of rotatable bonds is 6. The van der Waals surface area contributed by atoms with Gasteiger partial charge in [-0.3, -0.25) is 9.59 Å². The number of quaternary nitrogens is 1. The van der Waals surface area contributed by atoms with E-state index in [0.29, 0.717) is 36.7 Å². The lowest BCUT2D eigenvalue weighted by atomic mass is 10.1. The van der Waals surface area contributed by atoms with Crippen molar-refractivity contribution in [2.45, 2.75) is 26.3 Å². The van der Waals surface area contributed by atoms with Crippen molar-refractivity contribution in [2.75, 3.05) is 46.4 Å². The van der Waals surface area contributed by atoms with Gasteiger partial charge in [0.05, 0.1) is 44.9 Å². The highest BCUT2D eigenvalue weighted by Gasteiger charge is 2.26. The van der Waals surface area contributed by atoms with Gasteiger partial charge in [0.2, 0.25) is 0 Å². The van der Waals surface area contributed by atoms with Crippen molar-refractivity contribution in [2.24, 2.45) is 0 Å². The molecule has 0 aromatic heterocycles. The number of carbonyl (C=O) groups excluding carboxylic acids is 2. The summed E-state index contributed by atoms with van der Waals surface area (Å²) in [5, 5.41) is 11.9. The molecule has 0 saturated carbocycles. The summed E-state index contributed by atoms with van der Waals surface area (Å²) in [6, 6.07) is 6.85. The number of nitrogens with zero attached hydrogens (tertiary/aromatic N) is 2. The van der Waals surface area contributed by atoms with Crippen LogP contribution in [0.1, 0.15) is 26.3 Å². The molecule has 8 nitrogen and oxygen atoms in total. The molecule has 0 aliphatic carbocycles. The first-order chi connectivity index (χ1) is 13.2. The Kier molecular flexibility index (Phi) is 7.24. The number of methoxy groups -OCH3 is 1. The minimum atomic E-state index is -0.238. The Bertz CT molecular complexity index is 744. The molecule has 2 rings (SSSR count). The second kappa shape index (κ2) is 9.42. The van der Waals surface area contributed by atoms with Gasteiger partial charge in [-0.2, -0.15) is 5.26 Å². The molecule has 0 atom stereocenters. The van der Waals surface area contributed by atoms with Crippen LogP contribution in [0.3, 0.4) is 0 Å². The number of hydrogen-bond acceptors (Lipinski definition) is 5. The normalized spacial score (nSPS) is 14.9. The van der Waals surface area contributed by atoms with Crippen molar-refractivity contribution in [1.82, 2.24) is 10.2 Å². The van der Waals surface area contributed by atoms with Crippen LogP contribution in [-0.2, 0) is 9.59 Å². The van der Waals surface area contributed by atoms with Crippen molar-refractivity contribution in [3.05, 3.63) is 23.8 Å². The Hall–Kier alpha value is -2.79. The number of piperazine rings is 1. The van der Waals surface area contributed by atoms with E-state index in [1.54, 1.807) is 23.1 Å². The first-order valence-corrected chi connectivity index (χ1v) is 9.35. The molecular weight excluding hydrogens is 360 g/mol. The SMILES string of the molecule is COc1cc(C#N)ccc1OCC(=O)N1CC[NH+](CC(=O)NC(C)(C)C)CC1. The zero-order valence-electron chi connectivity index (χ0n) is 17.0. The Morgan fingerprint density at radius 1 is 1.25 bits per heavy atom. The lowest BCUT2D eigenvalue weighted by molar-refractivity contribution is -0.896. The number of nitrogens with one attached hydrogen (secondary N) is 2. The fourth-order valence-electron chi connectivity index (χ4n) is 3.03. The van der Waals surface area contributed by atoms with Crippen LogP contribution in [0.15, 0.2) is 18.2 Å². The Labute approximate surface area is 166 Å².